The van der Waals surface area contributed by atoms with Crippen molar-refractivity contribution in [3.05, 3.63) is 18.2 Å². The molecule has 0 aromatic carbocycles. The van der Waals surface area contributed by atoms with E-state index in [1.54, 1.807) is 0 Å². The van der Waals surface area contributed by atoms with Crippen molar-refractivity contribution in [3.8, 4) is 0 Å². The smallest absolute Gasteiger partial charge is 0.0953 e. The van der Waals surface area contributed by atoms with Gasteiger partial charge in [-0.1, -0.05) is 13.8 Å². The number of hydrogen-bond acceptors (Lipinski definition) is 2. The Kier molecular flexibility index (Phi) is 3.06. The molecule has 0 saturated heterocycles. The molecule has 3 nitrogen and oxygen atoms in total. The second-order valence-electron chi connectivity index (χ2n) is 5.72. The standard InChI is InChI=1S/C13H23N3/c1-10(2)15-8-12-7-14-9-16(12)13(3,4)11-5-6-11/h7,9-11,15H,5-6,8H2,1-4H3. The maximum Gasteiger partial charge on any atom is 0.0953 e. The largest absolute Gasteiger partial charge is 0.327 e. The van der Waals surface area contributed by atoms with Gasteiger partial charge < -0.3 is 9.88 Å². The summed E-state index contributed by atoms with van der Waals surface area (Å²) in [6, 6.07) is 0.521. The molecule has 1 aliphatic carbocycles. The molecule has 16 heavy (non-hydrogen) atoms. The van der Waals surface area contributed by atoms with Crippen LogP contribution >= 0.6 is 0 Å². The Labute approximate surface area is 98.3 Å². The van der Waals surface area contributed by atoms with Crippen molar-refractivity contribution in [1.82, 2.24) is 14.9 Å². The molecule has 0 aliphatic heterocycles. The lowest BCUT2D eigenvalue weighted by Gasteiger charge is -2.29. The summed E-state index contributed by atoms with van der Waals surface area (Å²) in [7, 11) is 0. The minimum atomic E-state index is 0.227. The van der Waals surface area contributed by atoms with Gasteiger partial charge in [-0.3, -0.25) is 0 Å². The molecular formula is C13H23N3. The second kappa shape index (κ2) is 4.21. The van der Waals surface area contributed by atoms with E-state index in [-0.39, 0.29) is 5.54 Å². The van der Waals surface area contributed by atoms with E-state index in [0.717, 1.165) is 12.5 Å². The van der Waals surface area contributed by atoms with Crippen molar-refractivity contribution in [2.45, 2.75) is 58.7 Å². The van der Waals surface area contributed by atoms with Gasteiger partial charge in [0, 0.05) is 24.3 Å². The van der Waals surface area contributed by atoms with E-state index < -0.39 is 0 Å². The molecule has 1 aromatic rings. The van der Waals surface area contributed by atoms with Crippen LogP contribution in [0.2, 0.25) is 0 Å². The Balaban J connectivity index is 2.11. The summed E-state index contributed by atoms with van der Waals surface area (Å²) in [6.45, 7) is 9.91. The van der Waals surface area contributed by atoms with Gasteiger partial charge in [0.05, 0.1) is 12.0 Å². The lowest BCUT2D eigenvalue weighted by molar-refractivity contribution is 0.293. The average Bonchev–Trinajstić information content (AvgIpc) is 2.95. The van der Waals surface area contributed by atoms with Crippen molar-refractivity contribution in [2.24, 2.45) is 5.92 Å². The van der Waals surface area contributed by atoms with Crippen LogP contribution in [0.15, 0.2) is 12.5 Å². The van der Waals surface area contributed by atoms with E-state index in [2.05, 4.69) is 42.6 Å². The zero-order chi connectivity index (χ0) is 11.8. The fourth-order valence-electron chi connectivity index (χ4n) is 2.27. The third-order valence-electron chi connectivity index (χ3n) is 3.60. The minimum Gasteiger partial charge on any atom is -0.327 e. The van der Waals surface area contributed by atoms with E-state index in [1.807, 2.05) is 12.5 Å². The van der Waals surface area contributed by atoms with Gasteiger partial charge in [-0.05, 0) is 32.6 Å². The Hall–Kier alpha value is -0.830. The topological polar surface area (TPSA) is 29.9 Å². The van der Waals surface area contributed by atoms with Crippen molar-refractivity contribution in [1.29, 1.82) is 0 Å². The predicted octanol–water partition coefficient (Wildman–Crippen LogP) is 2.53. The van der Waals surface area contributed by atoms with Gasteiger partial charge in [0.1, 0.15) is 0 Å². The first-order valence-electron chi connectivity index (χ1n) is 6.27. The molecule has 3 heteroatoms. The molecule has 1 saturated carbocycles. The molecule has 1 aromatic heterocycles. The molecule has 90 valence electrons. The molecule has 2 rings (SSSR count). The van der Waals surface area contributed by atoms with Crippen LogP contribution in [0.25, 0.3) is 0 Å². The van der Waals surface area contributed by atoms with E-state index in [0.29, 0.717) is 6.04 Å². The van der Waals surface area contributed by atoms with Gasteiger partial charge in [0.15, 0.2) is 0 Å². The number of nitrogens with one attached hydrogen (secondary N) is 1. The Morgan fingerprint density at radius 3 is 2.75 bits per heavy atom. The van der Waals surface area contributed by atoms with Gasteiger partial charge in [-0.2, -0.15) is 0 Å². The number of hydrogen-bond donors (Lipinski definition) is 1. The second-order valence-corrected chi connectivity index (χ2v) is 5.72. The van der Waals surface area contributed by atoms with Crippen LogP contribution < -0.4 is 5.32 Å². The summed E-state index contributed by atoms with van der Waals surface area (Å²) in [6.07, 6.45) is 6.69. The maximum atomic E-state index is 4.30. The summed E-state index contributed by atoms with van der Waals surface area (Å²) in [4.78, 5) is 4.30. The van der Waals surface area contributed by atoms with Crippen molar-refractivity contribution < 1.29 is 0 Å². The zero-order valence-corrected chi connectivity index (χ0v) is 10.8. The molecule has 1 aliphatic rings. The Morgan fingerprint density at radius 1 is 1.50 bits per heavy atom. The SMILES string of the molecule is CC(C)NCc1cncn1C(C)(C)C1CC1. The highest BCUT2D eigenvalue weighted by Crippen LogP contribution is 2.44. The normalized spacial score (nSPS) is 17.1. The molecule has 1 N–H and O–H groups in total. The zero-order valence-electron chi connectivity index (χ0n) is 10.8. The lowest BCUT2D eigenvalue weighted by atomic mass is 9.98. The number of nitrogens with zero attached hydrogens (tertiary/aromatic N) is 2. The van der Waals surface area contributed by atoms with Gasteiger partial charge in [0.25, 0.3) is 0 Å². The highest BCUT2D eigenvalue weighted by atomic mass is 15.1. The first-order chi connectivity index (χ1) is 7.51. The number of aromatic nitrogens is 2. The Morgan fingerprint density at radius 2 is 2.19 bits per heavy atom. The van der Waals surface area contributed by atoms with Crippen molar-refractivity contribution in [3.63, 3.8) is 0 Å². The van der Waals surface area contributed by atoms with Crippen LogP contribution in [-0.4, -0.2) is 15.6 Å². The molecule has 0 radical (unpaired) electrons. The number of imidazole rings is 1. The molecule has 0 spiro atoms. The highest BCUT2D eigenvalue weighted by Gasteiger charge is 2.39. The average molecular weight is 221 g/mol. The van der Waals surface area contributed by atoms with Crippen molar-refractivity contribution >= 4 is 0 Å². The molecule has 1 fully saturated rings. The summed E-state index contributed by atoms with van der Waals surface area (Å²) in [5, 5.41) is 3.46. The minimum absolute atomic E-state index is 0.227. The van der Waals surface area contributed by atoms with Gasteiger partial charge in [0.2, 0.25) is 0 Å². The monoisotopic (exact) mass is 221 g/mol. The first-order valence-corrected chi connectivity index (χ1v) is 6.27. The molecule has 0 unspecified atom stereocenters. The van der Waals surface area contributed by atoms with Gasteiger partial charge in [-0.15, -0.1) is 0 Å². The fraction of sp³-hybridized carbons (Fsp3) is 0.769. The Bertz CT molecular complexity index is 348. The van der Waals surface area contributed by atoms with Gasteiger partial charge >= 0.3 is 0 Å². The summed E-state index contributed by atoms with van der Waals surface area (Å²) < 4.78 is 2.35. The third kappa shape index (κ3) is 2.29. The molecule has 0 atom stereocenters. The highest BCUT2D eigenvalue weighted by molar-refractivity contribution is 5.06. The van der Waals surface area contributed by atoms with Crippen LogP contribution in [0.1, 0.15) is 46.2 Å². The quantitative estimate of drug-likeness (QED) is 0.828. The summed E-state index contributed by atoms with van der Waals surface area (Å²) in [5.41, 5.74) is 1.52. The molecular weight excluding hydrogens is 198 g/mol. The summed E-state index contributed by atoms with van der Waals surface area (Å²) >= 11 is 0. The first kappa shape index (κ1) is 11.6. The summed E-state index contributed by atoms with van der Waals surface area (Å²) in [5.74, 6) is 0.833. The van der Waals surface area contributed by atoms with Crippen LogP contribution in [0.3, 0.4) is 0 Å². The van der Waals surface area contributed by atoms with Crippen molar-refractivity contribution in [2.75, 3.05) is 0 Å². The van der Waals surface area contributed by atoms with Crippen LogP contribution in [-0.2, 0) is 12.1 Å². The molecule has 0 bridgehead atoms. The lowest BCUT2D eigenvalue weighted by Crippen LogP contribution is -2.32. The predicted molar refractivity (Wildman–Crippen MR) is 66.2 cm³/mol. The molecule has 0 amide bonds. The van der Waals surface area contributed by atoms with Crippen LogP contribution in [0, 0.1) is 5.92 Å². The van der Waals surface area contributed by atoms with E-state index >= 15 is 0 Å². The molecule has 1 heterocycles. The van der Waals surface area contributed by atoms with Gasteiger partial charge in [-0.25, -0.2) is 4.98 Å². The van der Waals surface area contributed by atoms with E-state index in [9.17, 15) is 0 Å². The number of rotatable bonds is 5. The van der Waals surface area contributed by atoms with E-state index in [1.165, 1.54) is 18.5 Å². The maximum absolute atomic E-state index is 4.30. The third-order valence-corrected chi connectivity index (χ3v) is 3.60. The fourth-order valence-corrected chi connectivity index (χ4v) is 2.27. The van der Waals surface area contributed by atoms with E-state index in [4.69, 9.17) is 0 Å². The van der Waals surface area contributed by atoms with Crippen LogP contribution in [0.4, 0.5) is 0 Å². The van der Waals surface area contributed by atoms with Crippen LogP contribution in [0.5, 0.6) is 0 Å².